The maximum Gasteiger partial charge on any atom is 0.267 e. The lowest BCUT2D eigenvalue weighted by molar-refractivity contribution is 0.0941. The van der Waals surface area contributed by atoms with Crippen LogP contribution in [0, 0.1) is 0 Å². The van der Waals surface area contributed by atoms with E-state index in [4.69, 9.17) is 28.3 Å². The number of rotatable bonds is 4. The third kappa shape index (κ3) is 3.74. The van der Waals surface area contributed by atoms with Crippen LogP contribution in [0.3, 0.4) is 0 Å². The highest BCUT2D eigenvalue weighted by Gasteiger charge is 2.10. The van der Waals surface area contributed by atoms with Crippen molar-refractivity contribution in [2.24, 2.45) is 0 Å². The molecule has 1 unspecified atom stereocenters. The van der Waals surface area contributed by atoms with Crippen molar-refractivity contribution in [2.45, 2.75) is 19.4 Å². The van der Waals surface area contributed by atoms with Crippen LogP contribution in [0.2, 0.25) is 10.2 Å². The summed E-state index contributed by atoms with van der Waals surface area (Å²) in [6.45, 7) is 2.07. The second kappa shape index (κ2) is 5.39. The van der Waals surface area contributed by atoms with Crippen molar-refractivity contribution in [3.8, 4) is 0 Å². The van der Waals surface area contributed by atoms with E-state index in [9.17, 15) is 4.79 Å². The van der Waals surface area contributed by atoms with Gasteiger partial charge in [-0.2, -0.15) is 0 Å². The van der Waals surface area contributed by atoms with Crippen LogP contribution in [0.25, 0.3) is 0 Å². The molecule has 0 fully saturated rings. The molecule has 0 aromatic carbocycles. The van der Waals surface area contributed by atoms with Crippen molar-refractivity contribution in [1.29, 1.82) is 0 Å². The first-order chi connectivity index (χ1) is 7.00. The summed E-state index contributed by atoms with van der Waals surface area (Å²) in [4.78, 5) is 14.1. The third-order valence-corrected chi connectivity index (χ3v) is 2.51. The van der Waals surface area contributed by atoms with E-state index in [1.807, 2.05) is 0 Å². The number of amides is 1. The molecule has 0 saturated heterocycles. The average Bonchev–Trinajstić information content (AvgIpc) is 2.46. The van der Waals surface area contributed by atoms with E-state index in [0.29, 0.717) is 23.7 Å². The molecule has 0 aliphatic carbocycles. The van der Waals surface area contributed by atoms with E-state index >= 15 is 0 Å². The van der Waals surface area contributed by atoms with Gasteiger partial charge in [0.1, 0.15) is 10.8 Å². The monoisotopic (exact) mass is 250 g/mol. The number of hydrogen-bond donors (Lipinski definition) is 3. The first-order valence-corrected chi connectivity index (χ1v) is 5.26. The van der Waals surface area contributed by atoms with Gasteiger partial charge in [-0.1, -0.05) is 23.2 Å². The van der Waals surface area contributed by atoms with Gasteiger partial charge in [0.2, 0.25) is 0 Å². The molecule has 1 heterocycles. The smallest absolute Gasteiger partial charge is 0.267 e. The molecule has 1 rings (SSSR count). The van der Waals surface area contributed by atoms with Crippen molar-refractivity contribution >= 4 is 29.1 Å². The van der Waals surface area contributed by atoms with Crippen molar-refractivity contribution in [3.63, 3.8) is 0 Å². The van der Waals surface area contributed by atoms with Crippen molar-refractivity contribution < 1.29 is 9.90 Å². The minimum absolute atomic E-state index is 0.248. The molecule has 1 aromatic rings. The molecular weight excluding hydrogens is 239 g/mol. The molecule has 0 bridgehead atoms. The Bertz CT molecular complexity index is 330. The van der Waals surface area contributed by atoms with Gasteiger partial charge in [-0.25, -0.2) is 0 Å². The number of hydrogen-bond acceptors (Lipinski definition) is 2. The maximum absolute atomic E-state index is 11.5. The molecule has 3 N–H and O–H groups in total. The Hall–Kier alpha value is -0.710. The fourth-order valence-corrected chi connectivity index (χ4v) is 1.33. The first kappa shape index (κ1) is 12.4. The van der Waals surface area contributed by atoms with Gasteiger partial charge in [0.15, 0.2) is 0 Å². The van der Waals surface area contributed by atoms with Gasteiger partial charge in [0.25, 0.3) is 5.91 Å². The number of aliphatic hydroxyl groups excluding tert-OH is 1. The largest absolute Gasteiger partial charge is 0.393 e. The summed E-state index contributed by atoms with van der Waals surface area (Å²) in [5.74, 6) is -0.288. The Morgan fingerprint density at radius 3 is 2.80 bits per heavy atom. The summed E-state index contributed by atoms with van der Waals surface area (Å²) in [5.41, 5.74) is 0.315. The minimum Gasteiger partial charge on any atom is -0.393 e. The average molecular weight is 251 g/mol. The molecule has 0 radical (unpaired) electrons. The second-order valence-corrected chi connectivity index (χ2v) is 4.02. The summed E-state index contributed by atoms with van der Waals surface area (Å²) >= 11 is 11.3. The summed E-state index contributed by atoms with van der Waals surface area (Å²) < 4.78 is 0. The third-order valence-electron chi connectivity index (χ3n) is 1.82. The highest BCUT2D eigenvalue weighted by molar-refractivity contribution is 6.41. The van der Waals surface area contributed by atoms with E-state index in [1.54, 1.807) is 6.92 Å². The van der Waals surface area contributed by atoms with Gasteiger partial charge < -0.3 is 15.4 Å². The molecule has 1 amide bonds. The zero-order valence-corrected chi connectivity index (χ0v) is 9.69. The number of carbonyl (C=O) groups excluding carboxylic acids is 1. The van der Waals surface area contributed by atoms with Crippen LogP contribution in [-0.4, -0.2) is 28.6 Å². The van der Waals surface area contributed by atoms with Crippen molar-refractivity contribution in [3.05, 3.63) is 21.9 Å². The zero-order chi connectivity index (χ0) is 11.4. The standard InChI is InChI=1S/C9H12Cl2N2O2/c1-5(14)2-3-12-9(15)7-4-6(10)8(11)13-7/h4-5,13-14H,2-3H2,1H3,(H,12,15). The normalized spacial score (nSPS) is 12.5. The highest BCUT2D eigenvalue weighted by Crippen LogP contribution is 2.21. The summed E-state index contributed by atoms with van der Waals surface area (Å²) in [7, 11) is 0. The molecule has 0 saturated carbocycles. The number of H-pyrrole nitrogens is 1. The lowest BCUT2D eigenvalue weighted by Crippen LogP contribution is -2.26. The Morgan fingerprint density at radius 1 is 1.67 bits per heavy atom. The first-order valence-electron chi connectivity index (χ1n) is 4.51. The molecule has 6 heteroatoms. The van der Waals surface area contributed by atoms with E-state index in [0.717, 1.165) is 0 Å². The molecule has 1 atom stereocenters. The van der Waals surface area contributed by atoms with E-state index < -0.39 is 6.10 Å². The van der Waals surface area contributed by atoms with E-state index in [-0.39, 0.29) is 11.1 Å². The highest BCUT2D eigenvalue weighted by atomic mass is 35.5. The Labute approximate surface area is 97.6 Å². The molecule has 0 aliphatic heterocycles. The van der Waals surface area contributed by atoms with Crippen LogP contribution in [0.1, 0.15) is 23.8 Å². The SMILES string of the molecule is CC(O)CCNC(=O)c1cc(Cl)c(Cl)[nH]1. The topological polar surface area (TPSA) is 65.1 Å². The number of aromatic nitrogens is 1. The lowest BCUT2D eigenvalue weighted by Gasteiger charge is -2.05. The van der Waals surface area contributed by atoms with Gasteiger partial charge in [0.05, 0.1) is 11.1 Å². The van der Waals surface area contributed by atoms with Gasteiger partial charge in [-0.15, -0.1) is 0 Å². The molecule has 84 valence electrons. The van der Waals surface area contributed by atoms with Crippen molar-refractivity contribution in [1.82, 2.24) is 10.3 Å². The quantitative estimate of drug-likeness (QED) is 0.764. The molecule has 15 heavy (non-hydrogen) atoms. The molecule has 1 aromatic heterocycles. The molecule has 0 spiro atoms. The Balaban J connectivity index is 2.47. The maximum atomic E-state index is 11.5. The van der Waals surface area contributed by atoms with Crippen LogP contribution in [0.15, 0.2) is 6.07 Å². The minimum atomic E-state index is -0.430. The number of carbonyl (C=O) groups is 1. The summed E-state index contributed by atoms with van der Waals surface area (Å²) in [6.07, 6.45) is 0.0783. The van der Waals surface area contributed by atoms with E-state index in [1.165, 1.54) is 6.07 Å². The second-order valence-electron chi connectivity index (χ2n) is 3.24. The van der Waals surface area contributed by atoms with Gasteiger partial charge in [-0.05, 0) is 19.4 Å². The van der Waals surface area contributed by atoms with E-state index in [2.05, 4.69) is 10.3 Å². The van der Waals surface area contributed by atoms with Gasteiger partial charge >= 0.3 is 0 Å². The van der Waals surface area contributed by atoms with Crippen LogP contribution in [0.5, 0.6) is 0 Å². The number of aromatic amines is 1. The Kier molecular flexibility index (Phi) is 4.45. The zero-order valence-electron chi connectivity index (χ0n) is 8.18. The Morgan fingerprint density at radius 2 is 2.33 bits per heavy atom. The number of aliphatic hydroxyl groups is 1. The van der Waals surface area contributed by atoms with Gasteiger partial charge in [0, 0.05) is 6.54 Å². The molecular formula is C9H12Cl2N2O2. The van der Waals surface area contributed by atoms with Gasteiger partial charge in [-0.3, -0.25) is 4.79 Å². The fourth-order valence-electron chi connectivity index (χ4n) is 1.02. The van der Waals surface area contributed by atoms with Crippen LogP contribution >= 0.6 is 23.2 Å². The van der Waals surface area contributed by atoms with Crippen molar-refractivity contribution in [2.75, 3.05) is 6.54 Å². The van der Waals surface area contributed by atoms with Crippen LogP contribution in [0.4, 0.5) is 0 Å². The summed E-state index contributed by atoms with van der Waals surface area (Å²) in [5, 5.41) is 12.2. The lowest BCUT2D eigenvalue weighted by atomic mass is 10.3. The van der Waals surface area contributed by atoms with Crippen LogP contribution in [-0.2, 0) is 0 Å². The fraction of sp³-hybridized carbons (Fsp3) is 0.444. The molecule has 0 aliphatic rings. The van der Waals surface area contributed by atoms with Crippen LogP contribution < -0.4 is 5.32 Å². The number of halogens is 2. The predicted molar refractivity (Wildman–Crippen MR) is 59.4 cm³/mol. The predicted octanol–water partition coefficient (Wildman–Crippen LogP) is 1.82. The molecule has 4 nitrogen and oxygen atoms in total. The number of nitrogens with one attached hydrogen (secondary N) is 2. The summed E-state index contributed by atoms with van der Waals surface area (Å²) in [6, 6.07) is 1.46.